The topological polar surface area (TPSA) is 53.2 Å². The molecular weight excluding hydrogens is 250 g/mol. The number of hydrogen-bond acceptors (Lipinski definition) is 3. The van der Waals surface area contributed by atoms with Crippen LogP contribution in [0.2, 0.25) is 0 Å². The highest BCUT2D eigenvalue weighted by molar-refractivity contribution is 5.95. The summed E-state index contributed by atoms with van der Waals surface area (Å²) >= 11 is 0. The zero-order valence-electron chi connectivity index (χ0n) is 12.4. The molecule has 1 saturated heterocycles. The number of carbonyl (C=O) groups is 1. The second kappa shape index (κ2) is 7.29. The number of benzene rings is 1. The van der Waals surface area contributed by atoms with Crippen LogP contribution in [-0.2, 0) is 0 Å². The fourth-order valence-corrected chi connectivity index (χ4v) is 2.48. The molecule has 1 aliphatic rings. The normalized spacial score (nSPS) is 18.9. The highest BCUT2D eigenvalue weighted by atomic mass is 16.1. The summed E-state index contributed by atoms with van der Waals surface area (Å²) < 4.78 is 0. The summed E-state index contributed by atoms with van der Waals surface area (Å²) in [5.41, 5.74) is 1.73. The molecule has 4 nitrogen and oxygen atoms in total. The van der Waals surface area contributed by atoms with Crippen molar-refractivity contribution in [3.05, 3.63) is 29.8 Å². The van der Waals surface area contributed by atoms with Crippen LogP contribution in [0.25, 0.3) is 0 Å². The van der Waals surface area contributed by atoms with Gasteiger partial charge in [-0.05, 0) is 63.9 Å². The Hall–Kier alpha value is -1.55. The van der Waals surface area contributed by atoms with Gasteiger partial charge in [-0.1, -0.05) is 6.07 Å². The molecule has 1 aliphatic heterocycles. The van der Waals surface area contributed by atoms with E-state index in [4.69, 9.17) is 0 Å². The summed E-state index contributed by atoms with van der Waals surface area (Å²) in [6.45, 7) is 7.12. The van der Waals surface area contributed by atoms with E-state index >= 15 is 0 Å². The third-order valence-electron chi connectivity index (χ3n) is 3.54. The van der Waals surface area contributed by atoms with E-state index in [1.807, 2.05) is 38.1 Å². The lowest BCUT2D eigenvalue weighted by Gasteiger charge is -2.23. The molecule has 0 saturated carbocycles. The Morgan fingerprint density at radius 3 is 3.00 bits per heavy atom. The third kappa shape index (κ3) is 4.53. The summed E-state index contributed by atoms with van der Waals surface area (Å²) in [6, 6.07) is 7.88. The standard InChI is InChI=1S/C16H25N3O/c1-12(2)19-16(20)14-6-3-7-15(9-14)18-11-13-5-4-8-17-10-13/h3,6-7,9,12-13,17-18H,4-5,8,10-11H2,1-2H3,(H,19,20). The number of hydrogen-bond donors (Lipinski definition) is 3. The van der Waals surface area contributed by atoms with E-state index in [1.165, 1.54) is 12.8 Å². The van der Waals surface area contributed by atoms with Crippen molar-refractivity contribution in [2.75, 3.05) is 25.0 Å². The van der Waals surface area contributed by atoms with Crippen LogP contribution in [0.5, 0.6) is 0 Å². The molecule has 1 unspecified atom stereocenters. The average Bonchev–Trinajstić information content (AvgIpc) is 2.46. The van der Waals surface area contributed by atoms with Gasteiger partial charge in [0.25, 0.3) is 5.91 Å². The second-order valence-corrected chi connectivity index (χ2v) is 5.80. The van der Waals surface area contributed by atoms with Gasteiger partial charge in [0.1, 0.15) is 0 Å². The van der Waals surface area contributed by atoms with Crippen LogP contribution in [0.3, 0.4) is 0 Å². The van der Waals surface area contributed by atoms with E-state index in [-0.39, 0.29) is 11.9 Å². The molecular formula is C16H25N3O. The van der Waals surface area contributed by atoms with E-state index in [2.05, 4.69) is 16.0 Å². The summed E-state index contributed by atoms with van der Waals surface area (Å²) in [4.78, 5) is 12.0. The number of amides is 1. The number of anilines is 1. The first-order chi connectivity index (χ1) is 9.65. The second-order valence-electron chi connectivity index (χ2n) is 5.80. The smallest absolute Gasteiger partial charge is 0.251 e. The highest BCUT2D eigenvalue weighted by Crippen LogP contribution is 2.14. The first-order valence-electron chi connectivity index (χ1n) is 7.50. The van der Waals surface area contributed by atoms with Crippen molar-refractivity contribution in [2.24, 2.45) is 5.92 Å². The first-order valence-corrected chi connectivity index (χ1v) is 7.50. The third-order valence-corrected chi connectivity index (χ3v) is 3.54. The molecule has 0 bridgehead atoms. The maximum Gasteiger partial charge on any atom is 0.251 e. The van der Waals surface area contributed by atoms with Crippen LogP contribution in [0.15, 0.2) is 24.3 Å². The summed E-state index contributed by atoms with van der Waals surface area (Å²) in [5, 5.41) is 9.78. The Bertz CT molecular complexity index is 439. The highest BCUT2D eigenvalue weighted by Gasteiger charge is 2.13. The van der Waals surface area contributed by atoms with Gasteiger partial charge < -0.3 is 16.0 Å². The first kappa shape index (κ1) is 14.9. The van der Waals surface area contributed by atoms with Gasteiger partial charge in [-0.3, -0.25) is 4.79 Å². The largest absolute Gasteiger partial charge is 0.385 e. The van der Waals surface area contributed by atoms with Crippen molar-refractivity contribution >= 4 is 11.6 Å². The van der Waals surface area contributed by atoms with Crippen LogP contribution in [-0.4, -0.2) is 31.6 Å². The Morgan fingerprint density at radius 1 is 1.45 bits per heavy atom. The molecule has 1 amide bonds. The van der Waals surface area contributed by atoms with Gasteiger partial charge in [-0.15, -0.1) is 0 Å². The van der Waals surface area contributed by atoms with Crippen LogP contribution < -0.4 is 16.0 Å². The van der Waals surface area contributed by atoms with Gasteiger partial charge in [0.05, 0.1) is 0 Å². The van der Waals surface area contributed by atoms with E-state index in [1.54, 1.807) is 0 Å². The van der Waals surface area contributed by atoms with Crippen LogP contribution >= 0.6 is 0 Å². The number of rotatable bonds is 5. The van der Waals surface area contributed by atoms with Gasteiger partial charge in [0.2, 0.25) is 0 Å². The molecule has 1 aromatic carbocycles. The van der Waals surface area contributed by atoms with E-state index in [0.717, 1.165) is 25.3 Å². The van der Waals surface area contributed by atoms with Crippen molar-refractivity contribution in [3.63, 3.8) is 0 Å². The SMILES string of the molecule is CC(C)NC(=O)c1cccc(NCC2CCCNC2)c1. The molecule has 0 radical (unpaired) electrons. The molecule has 0 aliphatic carbocycles. The summed E-state index contributed by atoms with van der Waals surface area (Å²) in [5.74, 6) is 0.667. The molecule has 1 heterocycles. The van der Waals surface area contributed by atoms with Crippen molar-refractivity contribution in [2.45, 2.75) is 32.7 Å². The summed E-state index contributed by atoms with van der Waals surface area (Å²) in [7, 11) is 0. The molecule has 1 aromatic rings. The molecule has 0 spiro atoms. The fraction of sp³-hybridized carbons (Fsp3) is 0.562. The lowest BCUT2D eigenvalue weighted by atomic mass is 9.99. The molecule has 1 fully saturated rings. The molecule has 110 valence electrons. The fourth-order valence-electron chi connectivity index (χ4n) is 2.48. The maximum absolute atomic E-state index is 12.0. The van der Waals surface area contributed by atoms with E-state index in [9.17, 15) is 4.79 Å². The minimum absolute atomic E-state index is 0.0111. The minimum atomic E-state index is -0.0111. The van der Waals surface area contributed by atoms with Crippen molar-refractivity contribution in [1.29, 1.82) is 0 Å². The Balaban J connectivity index is 1.90. The minimum Gasteiger partial charge on any atom is -0.385 e. The predicted octanol–water partition coefficient (Wildman–Crippen LogP) is 2.24. The average molecular weight is 275 g/mol. The van der Waals surface area contributed by atoms with Crippen LogP contribution in [0.1, 0.15) is 37.0 Å². The molecule has 2 rings (SSSR count). The van der Waals surface area contributed by atoms with Gasteiger partial charge in [0.15, 0.2) is 0 Å². The quantitative estimate of drug-likeness (QED) is 0.772. The Labute approximate surface area is 121 Å². The van der Waals surface area contributed by atoms with Crippen molar-refractivity contribution in [3.8, 4) is 0 Å². The predicted molar refractivity (Wildman–Crippen MR) is 83.1 cm³/mol. The molecule has 1 atom stereocenters. The zero-order valence-corrected chi connectivity index (χ0v) is 12.4. The maximum atomic E-state index is 12.0. The summed E-state index contributed by atoms with van der Waals surface area (Å²) in [6.07, 6.45) is 2.52. The number of nitrogens with one attached hydrogen (secondary N) is 3. The Kier molecular flexibility index (Phi) is 5.41. The number of piperidine rings is 1. The van der Waals surface area contributed by atoms with Crippen LogP contribution in [0, 0.1) is 5.92 Å². The monoisotopic (exact) mass is 275 g/mol. The van der Waals surface area contributed by atoms with Crippen molar-refractivity contribution in [1.82, 2.24) is 10.6 Å². The Morgan fingerprint density at radius 2 is 2.30 bits per heavy atom. The zero-order chi connectivity index (χ0) is 14.4. The van der Waals surface area contributed by atoms with Gasteiger partial charge in [-0.2, -0.15) is 0 Å². The number of carbonyl (C=O) groups excluding carboxylic acids is 1. The van der Waals surface area contributed by atoms with Gasteiger partial charge >= 0.3 is 0 Å². The molecule has 4 heteroatoms. The lowest BCUT2D eigenvalue weighted by Crippen LogP contribution is -2.33. The van der Waals surface area contributed by atoms with Crippen LogP contribution in [0.4, 0.5) is 5.69 Å². The molecule has 0 aromatic heterocycles. The van der Waals surface area contributed by atoms with Gasteiger partial charge in [-0.25, -0.2) is 0 Å². The lowest BCUT2D eigenvalue weighted by molar-refractivity contribution is 0.0943. The molecule has 20 heavy (non-hydrogen) atoms. The van der Waals surface area contributed by atoms with Gasteiger partial charge in [0, 0.05) is 23.8 Å². The van der Waals surface area contributed by atoms with E-state index in [0.29, 0.717) is 11.5 Å². The van der Waals surface area contributed by atoms with E-state index < -0.39 is 0 Å². The molecule has 3 N–H and O–H groups in total. The van der Waals surface area contributed by atoms with Crippen molar-refractivity contribution < 1.29 is 4.79 Å².